The average Bonchev–Trinajstić information content (AvgIpc) is 3.38. The third kappa shape index (κ3) is 4.53. The Hall–Kier alpha value is -4.28. The van der Waals surface area contributed by atoms with Crippen molar-refractivity contribution in [1.29, 1.82) is 0 Å². The Balaban J connectivity index is 0.000000166. The Morgan fingerprint density at radius 2 is 1.28 bits per heavy atom. The molecule has 0 aliphatic carbocycles. The van der Waals surface area contributed by atoms with Gasteiger partial charge in [0.05, 0.1) is 0 Å². The molecule has 0 atom stereocenters. The second kappa shape index (κ2) is 9.08. The van der Waals surface area contributed by atoms with Crippen LogP contribution in [-0.4, -0.2) is 57.1 Å². The van der Waals surface area contributed by atoms with Crippen LogP contribution in [0.3, 0.4) is 0 Å². The van der Waals surface area contributed by atoms with Gasteiger partial charge in [-0.1, -0.05) is 65.8 Å². The highest BCUT2D eigenvalue weighted by Crippen LogP contribution is 2.07. The second-order valence-corrected chi connectivity index (χ2v) is 5.76. The molecule has 0 fully saturated rings. The molecule has 146 valence electrons. The number of tetrazole rings is 2. The summed E-state index contributed by atoms with van der Waals surface area (Å²) in [5.74, 6) is 0.498. The number of oxime groups is 1. The number of rotatable bonds is 4. The van der Waals surface area contributed by atoms with Crippen molar-refractivity contribution in [2.75, 3.05) is 0 Å². The van der Waals surface area contributed by atoms with Gasteiger partial charge in [0.15, 0.2) is 5.71 Å². The van der Waals surface area contributed by atoms with E-state index in [1.165, 1.54) is 9.36 Å². The van der Waals surface area contributed by atoms with Crippen LogP contribution in [0.15, 0.2) is 65.8 Å². The van der Waals surface area contributed by atoms with E-state index in [1.54, 1.807) is 38.4 Å². The Morgan fingerprint density at radius 3 is 1.72 bits per heavy atom. The summed E-state index contributed by atoms with van der Waals surface area (Å²) in [4.78, 5) is 11.8. The van der Waals surface area contributed by atoms with Crippen LogP contribution in [0.5, 0.6) is 0 Å². The van der Waals surface area contributed by atoms with Gasteiger partial charge < -0.3 is 5.21 Å². The lowest BCUT2D eigenvalue weighted by Crippen LogP contribution is -2.11. The number of nitrogens with zero attached hydrogens (tertiary/aromatic N) is 9. The molecule has 4 rings (SSSR count). The molecule has 1 N–H and O–H groups in total. The summed E-state index contributed by atoms with van der Waals surface area (Å²) in [6.07, 6.45) is 0. The highest BCUT2D eigenvalue weighted by Gasteiger charge is 2.15. The number of hydrogen-bond donors (Lipinski definition) is 1. The van der Waals surface area contributed by atoms with Crippen LogP contribution in [0.25, 0.3) is 0 Å². The van der Waals surface area contributed by atoms with Gasteiger partial charge in [-0.25, -0.2) is 9.36 Å². The molecule has 11 nitrogen and oxygen atoms in total. The monoisotopic (exact) mass is 391 g/mol. The molecule has 0 unspecified atom stereocenters. The molecule has 11 heteroatoms. The van der Waals surface area contributed by atoms with Gasteiger partial charge in [0, 0.05) is 25.2 Å². The molecular weight excluding hydrogens is 374 g/mol. The molecule has 0 aliphatic rings. The summed E-state index contributed by atoms with van der Waals surface area (Å²) in [7, 11) is 3.32. The molecular formula is C18H17N9O2. The van der Waals surface area contributed by atoms with E-state index in [0.717, 1.165) is 5.56 Å². The van der Waals surface area contributed by atoms with Crippen LogP contribution in [0.2, 0.25) is 0 Å². The van der Waals surface area contributed by atoms with Crippen molar-refractivity contribution < 1.29 is 10.0 Å². The van der Waals surface area contributed by atoms with E-state index in [0.29, 0.717) is 17.1 Å². The van der Waals surface area contributed by atoms with Gasteiger partial charge in [0.25, 0.3) is 0 Å². The van der Waals surface area contributed by atoms with Crippen molar-refractivity contribution in [3.8, 4) is 0 Å². The maximum Gasteiger partial charge on any atom is 0.231 e. The van der Waals surface area contributed by atoms with E-state index in [1.807, 2.05) is 36.4 Å². The van der Waals surface area contributed by atoms with Crippen LogP contribution in [-0.2, 0) is 14.1 Å². The largest absolute Gasteiger partial charge is 0.410 e. The molecule has 4 aromatic rings. The van der Waals surface area contributed by atoms with Crippen LogP contribution in [0, 0.1) is 0 Å². The third-order valence-corrected chi connectivity index (χ3v) is 3.84. The lowest BCUT2D eigenvalue weighted by molar-refractivity contribution is 0.102. The summed E-state index contributed by atoms with van der Waals surface area (Å²) in [5.41, 5.74) is 1.70. The Labute approximate surface area is 165 Å². The zero-order chi connectivity index (χ0) is 20.6. The van der Waals surface area contributed by atoms with Gasteiger partial charge in [-0.2, -0.15) is 0 Å². The molecule has 29 heavy (non-hydrogen) atoms. The molecule has 2 heterocycles. The topological polar surface area (TPSA) is 137 Å². The standard InChI is InChI=1S/C9H9N5O.C9H8N4O/c1-14-9(10-12-13-14)8(11-15)7-5-3-2-4-6-7;1-13-9(10-11-12-13)8(14)7-5-3-2-4-6-7/h2-6,15H,1H3;2-6H,1H3. The maximum absolute atomic E-state index is 11.8. The Bertz CT molecular complexity index is 1100. The van der Waals surface area contributed by atoms with E-state index in [-0.39, 0.29) is 11.6 Å². The minimum atomic E-state index is -0.168. The van der Waals surface area contributed by atoms with Gasteiger partial charge in [0.1, 0.15) is 0 Å². The molecule has 2 aromatic heterocycles. The number of hydrogen-bond acceptors (Lipinski definition) is 9. The third-order valence-electron chi connectivity index (χ3n) is 3.84. The Morgan fingerprint density at radius 1 is 0.793 bits per heavy atom. The first kappa shape index (κ1) is 19.5. The second-order valence-electron chi connectivity index (χ2n) is 5.76. The van der Waals surface area contributed by atoms with E-state index >= 15 is 0 Å². The summed E-state index contributed by atoms with van der Waals surface area (Å²) in [6.45, 7) is 0. The average molecular weight is 391 g/mol. The van der Waals surface area contributed by atoms with E-state index in [9.17, 15) is 4.79 Å². The number of aryl methyl sites for hydroxylation is 2. The summed E-state index contributed by atoms with van der Waals surface area (Å²) < 4.78 is 2.80. The lowest BCUT2D eigenvalue weighted by Gasteiger charge is -2.01. The van der Waals surface area contributed by atoms with Gasteiger partial charge >= 0.3 is 0 Å². The quantitative estimate of drug-likeness (QED) is 0.234. The smallest absolute Gasteiger partial charge is 0.231 e. The van der Waals surface area contributed by atoms with Crippen molar-refractivity contribution in [3.63, 3.8) is 0 Å². The zero-order valence-electron chi connectivity index (χ0n) is 15.7. The van der Waals surface area contributed by atoms with Crippen LogP contribution >= 0.6 is 0 Å². The minimum absolute atomic E-state index is 0.168. The van der Waals surface area contributed by atoms with Crippen molar-refractivity contribution >= 4 is 11.5 Å². The maximum atomic E-state index is 11.8. The predicted molar refractivity (Wildman–Crippen MR) is 101 cm³/mol. The number of ketones is 1. The first-order chi connectivity index (χ1) is 14.1. The molecule has 2 aromatic carbocycles. The first-order valence-corrected chi connectivity index (χ1v) is 8.44. The minimum Gasteiger partial charge on any atom is -0.410 e. The van der Waals surface area contributed by atoms with Gasteiger partial charge in [-0.15, -0.1) is 10.2 Å². The summed E-state index contributed by atoms with van der Waals surface area (Å²) in [5, 5.41) is 33.8. The number of carbonyl (C=O) groups is 1. The van der Waals surface area contributed by atoms with Crippen molar-refractivity contribution in [1.82, 2.24) is 40.4 Å². The molecule has 0 saturated heterocycles. The normalized spacial score (nSPS) is 10.9. The van der Waals surface area contributed by atoms with Crippen molar-refractivity contribution in [3.05, 3.63) is 83.4 Å². The highest BCUT2D eigenvalue weighted by molar-refractivity contribution is 6.10. The first-order valence-electron chi connectivity index (χ1n) is 8.44. The van der Waals surface area contributed by atoms with E-state index in [2.05, 4.69) is 36.2 Å². The molecule has 0 aliphatic heterocycles. The molecule has 0 amide bonds. The summed E-state index contributed by atoms with van der Waals surface area (Å²) >= 11 is 0. The van der Waals surface area contributed by atoms with E-state index < -0.39 is 0 Å². The fraction of sp³-hybridized carbons (Fsp3) is 0.111. The van der Waals surface area contributed by atoms with Gasteiger partial charge in [-0.3, -0.25) is 4.79 Å². The van der Waals surface area contributed by atoms with Crippen molar-refractivity contribution in [2.24, 2.45) is 19.3 Å². The SMILES string of the molecule is Cn1nnnc1C(=NO)c1ccccc1.Cn1nnnc1C(=O)c1ccccc1. The number of benzene rings is 2. The van der Waals surface area contributed by atoms with Gasteiger partial charge in [0.2, 0.25) is 17.4 Å². The summed E-state index contributed by atoms with van der Waals surface area (Å²) in [6, 6.07) is 18.2. The predicted octanol–water partition coefficient (Wildman–Crippen LogP) is 0.878. The molecule has 0 spiro atoms. The fourth-order valence-electron chi connectivity index (χ4n) is 2.40. The number of carbonyl (C=O) groups excluding carboxylic acids is 1. The van der Waals surface area contributed by atoms with Crippen LogP contribution in [0.1, 0.15) is 27.6 Å². The molecule has 0 saturated carbocycles. The lowest BCUT2D eigenvalue weighted by atomic mass is 10.1. The van der Waals surface area contributed by atoms with Crippen molar-refractivity contribution in [2.45, 2.75) is 0 Å². The molecule has 0 bridgehead atoms. The highest BCUT2D eigenvalue weighted by atomic mass is 16.4. The van der Waals surface area contributed by atoms with Crippen LogP contribution < -0.4 is 0 Å². The zero-order valence-corrected chi connectivity index (χ0v) is 15.7. The fourth-order valence-corrected chi connectivity index (χ4v) is 2.40. The van der Waals surface area contributed by atoms with Gasteiger partial charge in [-0.05, 0) is 20.9 Å². The Kier molecular flexibility index (Phi) is 6.10. The van der Waals surface area contributed by atoms with E-state index in [4.69, 9.17) is 5.21 Å². The number of aromatic nitrogens is 8. The molecule has 0 radical (unpaired) electrons. The van der Waals surface area contributed by atoms with Crippen LogP contribution in [0.4, 0.5) is 0 Å².